The summed E-state index contributed by atoms with van der Waals surface area (Å²) in [7, 11) is 0. The fourth-order valence-corrected chi connectivity index (χ4v) is 6.64. The van der Waals surface area contributed by atoms with Crippen LogP contribution >= 0.6 is 22.7 Å². The van der Waals surface area contributed by atoms with Crippen LogP contribution in [0.15, 0.2) is 105 Å². The van der Waals surface area contributed by atoms with Gasteiger partial charge in [0.1, 0.15) is 63.5 Å². The van der Waals surface area contributed by atoms with Crippen LogP contribution in [0.25, 0.3) is 44.5 Å². The number of hydrogen-bond donors (Lipinski definition) is 4. The number of aromatic nitrogens is 6. The first-order valence-electron chi connectivity index (χ1n) is 15.3. The van der Waals surface area contributed by atoms with E-state index in [1.54, 1.807) is 59.3 Å². The second-order valence-corrected chi connectivity index (χ2v) is 13.3. The van der Waals surface area contributed by atoms with Crippen molar-refractivity contribution < 1.29 is 19.0 Å². The summed E-state index contributed by atoms with van der Waals surface area (Å²) in [6.45, 7) is 2.57. The maximum atomic E-state index is 11.6. The average molecular weight is 689 g/mol. The zero-order chi connectivity index (χ0) is 33.4. The van der Waals surface area contributed by atoms with Crippen molar-refractivity contribution in [3.63, 3.8) is 0 Å². The fourth-order valence-electron chi connectivity index (χ4n) is 5.53. The predicted molar refractivity (Wildman–Crippen MR) is 188 cm³/mol. The zero-order valence-corrected chi connectivity index (χ0v) is 27.6. The summed E-state index contributed by atoms with van der Waals surface area (Å²) in [6.07, 6.45) is 5.15. The normalized spacial score (nSPS) is 13.4. The fraction of sp³-hybridized carbons (Fsp3) is 0.143. The highest BCUT2D eigenvalue weighted by atomic mass is 32.1. The Morgan fingerprint density at radius 3 is 1.80 bits per heavy atom. The molecule has 0 aliphatic carbocycles. The van der Waals surface area contributed by atoms with E-state index in [-0.39, 0.29) is 11.5 Å². The summed E-state index contributed by atoms with van der Waals surface area (Å²) in [5, 5.41) is 37.0. The van der Waals surface area contributed by atoms with Crippen LogP contribution in [0.5, 0.6) is 0 Å². The molecule has 0 amide bonds. The van der Waals surface area contributed by atoms with Crippen molar-refractivity contribution in [2.75, 3.05) is 10.6 Å². The topological polar surface area (TPSA) is 168 Å². The van der Waals surface area contributed by atoms with E-state index in [0.717, 1.165) is 42.9 Å². The van der Waals surface area contributed by atoms with E-state index in [1.807, 2.05) is 47.2 Å². The number of rotatable bonds is 11. The molecule has 244 valence electrons. The van der Waals surface area contributed by atoms with E-state index >= 15 is 0 Å². The monoisotopic (exact) mass is 688 g/mol. The molecule has 0 bridgehead atoms. The van der Waals surface area contributed by atoms with Crippen LogP contribution in [-0.2, 0) is 18.7 Å². The van der Waals surface area contributed by atoms with Crippen molar-refractivity contribution in [2.45, 2.75) is 31.7 Å². The summed E-state index contributed by atoms with van der Waals surface area (Å²) in [4.78, 5) is 26.3. The van der Waals surface area contributed by atoms with Gasteiger partial charge in [-0.3, -0.25) is 0 Å². The molecule has 0 fully saturated rings. The standard InChI is InChI=1S/C35H28N8O4S2/c1-35(45,29-9-8-27(47-29)21-3-5-25-23(15-21)34(43-19-41-25)39-17-31-37-11-13-49-31)32(44)28-7-6-26(46-28)20-2-4-24-22(14-20)33(42-18-40-24)38-16-30-36-10-12-48-30/h2-15,18-19,32,44-45H,16-17H2,1H3,(H,38,40,42)(H,39,41,43). The SMILES string of the molecule is CC(O)(c1ccc(-c2ccc3ncnc(NCc4nccs4)c3c2)o1)C(O)c1ccc(-c2ccc3ncnc(NCc4nccs4)c3c2)o1. The van der Waals surface area contributed by atoms with Crippen LogP contribution in [0.1, 0.15) is 34.6 Å². The Bertz CT molecular complexity index is 2370. The van der Waals surface area contributed by atoms with Gasteiger partial charge in [-0.15, -0.1) is 22.7 Å². The van der Waals surface area contributed by atoms with Gasteiger partial charge in [-0.2, -0.15) is 0 Å². The molecule has 0 saturated carbocycles. The number of furan rings is 2. The molecule has 0 saturated heterocycles. The van der Waals surface area contributed by atoms with E-state index in [9.17, 15) is 10.2 Å². The van der Waals surface area contributed by atoms with Crippen LogP contribution in [-0.4, -0.2) is 40.1 Å². The molecule has 6 heterocycles. The third-order valence-corrected chi connectivity index (χ3v) is 9.71. The maximum absolute atomic E-state index is 11.6. The first kappa shape index (κ1) is 30.8. The van der Waals surface area contributed by atoms with Crippen molar-refractivity contribution in [3.05, 3.63) is 118 Å². The summed E-state index contributed by atoms with van der Waals surface area (Å²) in [6, 6.07) is 18.2. The minimum absolute atomic E-state index is 0.179. The van der Waals surface area contributed by atoms with Gasteiger partial charge in [-0.05, 0) is 67.6 Å². The van der Waals surface area contributed by atoms with Gasteiger partial charge in [0.15, 0.2) is 5.60 Å². The highest BCUT2D eigenvalue weighted by Gasteiger charge is 2.39. The third-order valence-electron chi connectivity index (χ3n) is 8.15. The first-order valence-corrected chi connectivity index (χ1v) is 17.0. The summed E-state index contributed by atoms with van der Waals surface area (Å²) in [5.41, 5.74) is 1.25. The summed E-state index contributed by atoms with van der Waals surface area (Å²) in [5.74, 6) is 2.73. The molecule has 14 heteroatoms. The van der Waals surface area contributed by atoms with Crippen molar-refractivity contribution in [1.29, 1.82) is 0 Å². The third kappa shape index (κ3) is 6.13. The number of hydrogen-bond acceptors (Lipinski definition) is 14. The van der Waals surface area contributed by atoms with Gasteiger partial charge in [-0.1, -0.05) is 0 Å². The second kappa shape index (κ2) is 12.8. The average Bonchev–Trinajstić information content (AvgIpc) is 3.97. The summed E-state index contributed by atoms with van der Waals surface area (Å²) < 4.78 is 12.2. The largest absolute Gasteiger partial charge is 0.458 e. The van der Waals surface area contributed by atoms with Crippen molar-refractivity contribution >= 4 is 56.1 Å². The van der Waals surface area contributed by atoms with Crippen LogP contribution in [0.2, 0.25) is 0 Å². The lowest BCUT2D eigenvalue weighted by Crippen LogP contribution is -2.29. The highest BCUT2D eigenvalue weighted by molar-refractivity contribution is 7.09. The Morgan fingerprint density at radius 2 is 1.24 bits per heavy atom. The van der Waals surface area contributed by atoms with Crippen LogP contribution in [0.3, 0.4) is 0 Å². The predicted octanol–water partition coefficient (Wildman–Crippen LogP) is 7.17. The number of fused-ring (bicyclic) bond motifs is 2. The van der Waals surface area contributed by atoms with Crippen molar-refractivity contribution in [1.82, 2.24) is 29.9 Å². The second-order valence-electron chi connectivity index (χ2n) is 11.4. The zero-order valence-electron chi connectivity index (χ0n) is 25.9. The molecule has 2 aromatic carbocycles. The Labute approximate surface area is 287 Å². The smallest absolute Gasteiger partial charge is 0.152 e. The van der Waals surface area contributed by atoms with Gasteiger partial charge >= 0.3 is 0 Å². The lowest BCUT2D eigenvalue weighted by atomic mass is 9.94. The molecule has 12 nitrogen and oxygen atoms in total. The van der Waals surface area contributed by atoms with E-state index < -0.39 is 11.7 Å². The van der Waals surface area contributed by atoms with E-state index in [2.05, 4.69) is 40.5 Å². The highest BCUT2D eigenvalue weighted by Crippen LogP contribution is 2.40. The number of aliphatic hydroxyl groups is 2. The van der Waals surface area contributed by atoms with E-state index in [1.165, 1.54) is 19.6 Å². The van der Waals surface area contributed by atoms with Crippen LogP contribution in [0.4, 0.5) is 11.6 Å². The number of nitrogens with one attached hydrogen (secondary N) is 2. The summed E-state index contributed by atoms with van der Waals surface area (Å²) >= 11 is 3.13. The molecule has 0 spiro atoms. The molecular weight excluding hydrogens is 661 g/mol. The molecule has 49 heavy (non-hydrogen) atoms. The number of nitrogens with zero attached hydrogens (tertiary/aromatic N) is 6. The molecule has 0 radical (unpaired) electrons. The van der Waals surface area contributed by atoms with Crippen molar-refractivity contribution in [2.24, 2.45) is 0 Å². The molecule has 8 rings (SSSR count). The van der Waals surface area contributed by atoms with Gasteiger partial charge in [0.2, 0.25) is 0 Å². The van der Waals surface area contributed by atoms with E-state index in [4.69, 9.17) is 8.83 Å². The molecule has 0 aliphatic heterocycles. The Hall–Kier alpha value is -5.54. The molecule has 8 aromatic rings. The Kier molecular flexibility index (Phi) is 8.05. The quantitative estimate of drug-likeness (QED) is 0.108. The minimum atomic E-state index is -1.81. The number of thiazole rings is 2. The Balaban J connectivity index is 1.02. The Morgan fingerprint density at radius 1 is 0.694 bits per heavy atom. The van der Waals surface area contributed by atoms with Gasteiger partial charge in [0, 0.05) is 45.1 Å². The number of anilines is 2. The van der Waals surface area contributed by atoms with Crippen molar-refractivity contribution in [3.8, 4) is 22.6 Å². The van der Waals surface area contributed by atoms with Crippen LogP contribution in [0, 0.1) is 0 Å². The van der Waals surface area contributed by atoms with E-state index in [0.29, 0.717) is 36.2 Å². The molecule has 0 aliphatic rings. The molecular formula is C35H28N8O4S2. The van der Waals surface area contributed by atoms with Gasteiger partial charge in [0.05, 0.1) is 24.1 Å². The molecule has 4 N–H and O–H groups in total. The molecule has 2 unspecified atom stereocenters. The number of benzene rings is 2. The first-order chi connectivity index (χ1) is 23.9. The maximum Gasteiger partial charge on any atom is 0.152 e. The van der Waals surface area contributed by atoms with Gasteiger partial charge in [-0.25, -0.2) is 29.9 Å². The number of aliphatic hydroxyl groups excluding tert-OH is 1. The van der Waals surface area contributed by atoms with Crippen LogP contribution < -0.4 is 10.6 Å². The lowest BCUT2D eigenvalue weighted by Gasteiger charge is -2.25. The molecule has 2 atom stereocenters. The minimum Gasteiger partial charge on any atom is -0.458 e. The van der Waals surface area contributed by atoms with Gasteiger partial charge in [0.25, 0.3) is 0 Å². The lowest BCUT2D eigenvalue weighted by molar-refractivity contribution is -0.0904. The van der Waals surface area contributed by atoms with Gasteiger partial charge < -0.3 is 29.7 Å². The molecule has 6 aromatic heterocycles.